The molecule has 0 bridgehead atoms. The molecule has 0 aliphatic rings. The van der Waals surface area contributed by atoms with Crippen molar-refractivity contribution in [1.29, 1.82) is 0 Å². The minimum atomic E-state index is -0.124. The molecule has 0 fully saturated rings. The molecule has 0 heterocycles. The second-order valence-corrected chi connectivity index (χ2v) is 5.24. The van der Waals surface area contributed by atoms with Crippen molar-refractivity contribution in [3.05, 3.63) is 0 Å². The Labute approximate surface area is 76.0 Å². The van der Waals surface area contributed by atoms with E-state index in [4.69, 9.17) is 4.74 Å². The van der Waals surface area contributed by atoms with Gasteiger partial charge in [-0.05, 0) is 26.2 Å². The van der Waals surface area contributed by atoms with Crippen LogP contribution in [-0.2, 0) is 4.74 Å². The summed E-state index contributed by atoms with van der Waals surface area (Å²) in [7, 11) is 0. The zero-order chi connectivity index (χ0) is 9.83. The maximum atomic E-state index is 5.33. The Hall–Kier alpha value is -0.530. The Kier molecular flexibility index (Phi) is 3.75. The third-order valence-electron chi connectivity index (χ3n) is 1.05. The maximum absolute atomic E-state index is 5.33. The molecule has 12 heavy (non-hydrogen) atoms. The third-order valence-corrected chi connectivity index (χ3v) is 1.05. The summed E-state index contributed by atoms with van der Waals surface area (Å²) >= 11 is 0. The summed E-state index contributed by atoms with van der Waals surface area (Å²) in [5.41, 5.74) is 0.124. The smallest absolute Gasteiger partial charge is 0.170 e. The summed E-state index contributed by atoms with van der Waals surface area (Å²) in [6.45, 7) is 13.3. The zero-order valence-corrected chi connectivity index (χ0v) is 9.14. The average Bonchev–Trinajstić information content (AvgIpc) is 1.76. The highest BCUT2D eigenvalue weighted by Crippen LogP contribution is 2.12. The van der Waals surface area contributed by atoms with Gasteiger partial charge < -0.3 is 4.74 Å². The largest absolute Gasteiger partial charge is 0.478 e. The molecule has 72 valence electrons. The highest BCUT2D eigenvalue weighted by Gasteiger charge is 2.10. The molecule has 2 nitrogen and oxygen atoms in total. The van der Waals surface area contributed by atoms with Crippen molar-refractivity contribution < 1.29 is 4.74 Å². The summed E-state index contributed by atoms with van der Waals surface area (Å²) < 4.78 is 5.33. The lowest BCUT2D eigenvalue weighted by Crippen LogP contribution is -2.18. The Balaban J connectivity index is 3.66. The summed E-state index contributed by atoms with van der Waals surface area (Å²) in [4.78, 5) is 4.18. The van der Waals surface area contributed by atoms with Crippen LogP contribution in [-0.4, -0.2) is 18.5 Å². The van der Waals surface area contributed by atoms with Crippen LogP contribution >= 0.6 is 0 Å². The summed E-state index contributed by atoms with van der Waals surface area (Å²) in [5.74, 6) is 0. The minimum Gasteiger partial charge on any atom is -0.478 e. The quantitative estimate of drug-likeness (QED) is 0.462. The molecule has 0 saturated carbocycles. The Morgan fingerprint density at radius 2 is 1.58 bits per heavy atom. The SMILES string of the molecule is CC(C)(C)CN=COC(C)(C)C. The molecule has 0 aromatic carbocycles. The molecule has 0 aliphatic heterocycles. The Morgan fingerprint density at radius 1 is 1.08 bits per heavy atom. The van der Waals surface area contributed by atoms with Gasteiger partial charge >= 0.3 is 0 Å². The van der Waals surface area contributed by atoms with E-state index in [0.29, 0.717) is 0 Å². The van der Waals surface area contributed by atoms with E-state index >= 15 is 0 Å². The van der Waals surface area contributed by atoms with E-state index in [9.17, 15) is 0 Å². The van der Waals surface area contributed by atoms with Crippen molar-refractivity contribution in [3.63, 3.8) is 0 Å². The topological polar surface area (TPSA) is 21.6 Å². The fourth-order valence-electron chi connectivity index (χ4n) is 0.507. The van der Waals surface area contributed by atoms with Gasteiger partial charge in [0.2, 0.25) is 0 Å². The van der Waals surface area contributed by atoms with Crippen molar-refractivity contribution in [2.24, 2.45) is 10.4 Å². The normalized spacial score (nSPS) is 13.8. The van der Waals surface area contributed by atoms with Gasteiger partial charge in [-0.3, -0.25) is 4.99 Å². The molecule has 0 saturated heterocycles. The van der Waals surface area contributed by atoms with Gasteiger partial charge in [-0.25, -0.2) is 0 Å². The Bertz CT molecular complexity index is 130. The summed E-state index contributed by atoms with van der Waals surface area (Å²) in [6.07, 6.45) is 1.56. The first-order valence-electron chi connectivity index (χ1n) is 4.37. The first-order valence-corrected chi connectivity index (χ1v) is 4.37. The molecule has 2 heteroatoms. The highest BCUT2D eigenvalue weighted by atomic mass is 16.5. The minimum absolute atomic E-state index is 0.124. The number of aliphatic imine (C=N–C) groups is 1. The van der Waals surface area contributed by atoms with Gasteiger partial charge in [-0.15, -0.1) is 0 Å². The number of ether oxygens (including phenoxy) is 1. The lowest BCUT2D eigenvalue weighted by Gasteiger charge is -2.18. The van der Waals surface area contributed by atoms with E-state index in [0.717, 1.165) is 6.54 Å². The predicted octanol–water partition coefficient (Wildman–Crippen LogP) is 2.88. The van der Waals surface area contributed by atoms with E-state index < -0.39 is 0 Å². The number of rotatable bonds is 2. The fraction of sp³-hybridized carbons (Fsp3) is 0.900. The average molecular weight is 171 g/mol. The number of hydrogen-bond donors (Lipinski definition) is 0. The van der Waals surface area contributed by atoms with E-state index in [1.807, 2.05) is 20.8 Å². The maximum Gasteiger partial charge on any atom is 0.170 e. The van der Waals surface area contributed by atoms with Crippen molar-refractivity contribution in [3.8, 4) is 0 Å². The fourth-order valence-corrected chi connectivity index (χ4v) is 0.507. The second kappa shape index (κ2) is 3.92. The van der Waals surface area contributed by atoms with Gasteiger partial charge in [0.15, 0.2) is 6.40 Å². The van der Waals surface area contributed by atoms with Crippen LogP contribution < -0.4 is 0 Å². The highest BCUT2D eigenvalue weighted by molar-refractivity contribution is 5.47. The van der Waals surface area contributed by atoms with Crippen LogP contribution in [0.3, 0.4) is 0 Å². The molecular formula is C10H21NO. The molecule has 0 rings (SSSR count). The summed E-state index contributed by atoms with van der Waals surface area (Å²) in [5, 5.41) is 0. The molecule has 0 radical (unpaired) electrons. The molecule has 0 aliphatic carbocycles. The van der Waals surface area contributed by atoms with Crippen molar-refractivity contribution in [2.45, 2.75) is 47.1 Å². The number of nitrogens with zero attached hydrogens (tertiary/aromatic N) is 1. The van der Waals surface area contributed by atoms with Crippen molar-refractivity contribution in [1.82, 2.24) is 0 Å². The van der Waals surface area contributed by atoms with Gasteiger partial charge in [0.1, 0.15) is 5.60 Å². The molecule has 0 spiro atoms. The molecule has 0 amide bonds. The molecule has 0 unspecified atom stereocenters. The zero-order valence-electron chi connectivity index (χ0n) is 9.14. The van der Waals surface area contributed by atoms with E-state index in [2.05, 4.69) is 25.8 Å². The lowest BCUT2D eigenvalue weighted by molar-refractivity contribution is 0.125. The summed E-state index contributed by atoms with van der Waals surface area (Å²) in [6, 6.07) is 0. The lowest BCUT2D eigenvalue weighted by atomic mass is 9.98. The predicted molar refractivity (Wildman–Crippen MR) is 53.7 cm³/mol. The third kappa shape index (κ3) is 9.47. The second-order valence-electron chi connectivity index (χ2n) is 5.24. The first-order chi connectivity index (χ1) is 5.21. The molecule has 0 aromatic heterocycles. The van der Waals surface area contributed by atoms with Gasteiger partial charge in [0, 0.05) is 6.54 Å². The van der Waals surface area contributed by atoms with E-state index in [-0.39, 0.29) is 11.0 Å². The van der Waals surface area contributed by atoms with Crippen molar-refractivity contribution >= 4 is 6.40 Å². The van der Waals surface area contributed by atoms with Crippen LogP contribution in [0, 0.1) is 5.41 Å². The molecular weight excluding hydrogens is 150 g/mol. The van der Waals surface area contributed by atoms with Crippen LogP contribution in [0.25, 0.3) is 0 Å². The monoisotopic (exact) mass is 171 g/mol. The molecule has 0 aromatic rings. The number of hydrogen-bond acceptors (Lipinski definition) is 2. The van der Waals surface area contributed by atoms with Crippen LogP contribution in [0.15, 0.2) is 4.99 Å². The first kappa shape index (κ1) is 11.5. The molecule has 0 N–H and O–H groups in total. The van der Waals surface area contributed by atoms with E-state index in [1.54, 1.807) is 6.40 Å². The van der Waals surface area contributed by atoms with Crippen LogP contribution in [0.4, 0.5) is 0 Å². The van der Waals surface area contributed by atoms with Crippen LogP contribution in [0.1, 0.15) is 41.5 Å². The standard InChI is InChI=1S/C10H21NO/c1-9(2,3)7-11-8-12-10(4,5)6/h8H,7H2,1-6H3. The van der Waals surface area contributed by atoms with Crippen LogP contribution in [0.2, 0.25) is 0 Å². The van der Waals surface area contributed by atoms with Gasteiger partial charge in [-0.1, -0.05) is 20.8 Å². The van der Waals surface area contributed by atoms with Gasteiger partial charge in [-0.2, -0.15) is 0 Å². The van der Waals surface area contributed by atoms with Crippen LogP contribution in [0.5, 0.6) is 0 Å². The Morgan fingerprint density at radius 3 is 1.92 bits per heavy atom. The van der Waals surface area contributed by atoms with Crippen molar-refractivity contribution in [2.75, 3.05) is 6.54 Å². The van der Waals surface area contributed by atoms with E-state index in [1.165, 1.54) is 0 Å². The van der Waals surface area contributed by atoms with Gasteiger partial charge in [0.25, 0.3) is 0 Å². The van der Waals surface area contributed by atoms with Gasteiger partial charge in [0.05, 0.1) is 0 Å². The molecule has 0 atom stereocenters.